The Kier molecular flexibility index (Phi) is 5.32. The van der Waals surface area contributed by atoms with Gasteiger partial charge in [0.1, 0.15) is 0 Å². The second-order valence-corrected chi connectivity index (χ2v) is 6.98. The number of carbonyl (C=O) groups is 2. The summed E-state index contributed by atoms with van der Waals surface area (Å²) >= 11 is 1.29. The number of tetrazole rings is 1. The molecule has 0 bridgehead atoms. The van der Waals surface area contributed by atoms with E-state index in [-0.39, 0.29) is 23.6 Å². The van der Waals surface area contributed by atoms with E-state index in [1.54, 1.807) is 9.58 Å². The van der Waals surface area contributed by atoms with Crippen molar-refractivity contribution >= 4 is 35.0 Å². The van der Waals surface area contributed by atoms with E-state index in [1.807, 2.05) is 38.1 Å². The Balaban J connectivity index is 1.59. The fourth-order valence-electron chi connectivity index (χ4n) is 2.60. The van der Waals surface area contributed by atoms with Gasteiger partial charge in [-0.25, -0.2) is 4.68 Å². The number of hydrogen-bond donors (Lipinski definition) is 1. The maximum Gasteiger partial charge on any atom is 0.234 e. The fourth-order valence-corrected chi connectivity index (χ4v) is 3.41. The van der Waals surface area contributed by atoms with Gasteiger partial charge in [-0.05, 0) is 48.9 Å². The summed E-state index contributed by atoms with van der Waals surface area (Å²) < 4.78 is 1.68. The number of anilines is 2. The summed E-state index contributed by atoms with van der Waals surface area (Å²) in [5.74, 6) is 0.188. The Labute approximate surface area is 150 Å². The standard InChI is InChI=1S/C16H20N6O2S/c1-11(2)22-16(18-19-20-22)25-10-14(23)17-12-5-3-6-13(9-12)21-8-4-7-15(21)24/h3,5-6,9,11H,4,7-8,10H2,1-2H3,(H,17,23). The lowest BCUT2D eigenvalue weighted by atomic mass is 10.2. The predicted molar refractivity (Wildman–Crippen MR) is 95.6 cm³/mol. The van der Waals surface area contributed by atoms with E-state index in [1.165, 1.54) is 11.8 Å². The molecule has 1 saturated heterocycles. The number of amides is 2. The molecule has 1 aromatic carbocycles. The third-order valence-electron chi connectivity index (χ3n) is 3.80. The molecule has 2 amide bonds. The molecule has 3 rings (SSSR count). The first kappa shape index (κ1) is 17.4. The SMILES string of the molecule is CC(C)n1nnnc1SCC(=O)Nc1cccc(N2CCCC2=O)c1. The quantitative estimate of drug-likeness (QED) is 0.793. The van der Waals surface area contributed by atoms with Crippen molar-refractivity contribution in [2.24, 2.45) is 0 Å². The third-order valence-corrected chi connectivity index (χ3v) is 4.73. The van der Waals surface area contributed by atoms with Crippen molar-refractivity contribution in [2.45, 2.75) is 37.9 Å². The summed E-state index contributed by atoms with van der Waals surface area (Å²) in [4.78, 5) is 25.8. The van der Waals surface area contributed by atoms with Gasteiger partial charge < -0.3 is 10.2 Å². The minimum absolute atomic E-state index is 0.125. The second kappa shape index (κ2) is 7.64. The zero-order chi connectivity index (χ0) is 17.8. The van der Waals surface area contributed by atoms with Crippen molar-refractivity contribution < 1.29 is 9.59 Å². The lowest BCUT2D eigenvalue weighted by molar-refractivity contribution is -0.117. The van der Waals surface area contributed by atoms with E-state index in [4.69, 9.17) is 0 Å². The average molecular weight is 360 g/mol. The molecule has 0 spiro atoms. The Hall–Kier alpha value is -2.42. The van der Waals surface area contributed by atoms with Crippen LogP contribution in [0.15, 0.2) is 29.4 Å². The van der Waals surface area contributed by atoms with Gasteiger partial charge >= 0.3 is 0 Å². The van der Waals surface area contributed by atoms with Crippen molar-refractivity contribution in [3.8, 4) is 0 Å². The van der Waals surface area contributed by atoms with Gasteiger partial charge in [-0.3, -0.25) is 9.59 Å². The highest BCUT2D eigenvalue weighted by Crippen LogP contribution is 2.24. The molecule has 8 nitrogen and oxygen atoms in total. The van der Waals surface area contributed by atoms with Crippen LogP contribution >= 0.6 is 11.8 Å². The second-order valence-electron chi connectivity index (χ2n) is 6.04. The maximum atomic E-state index is 12.2. The first-order chi connectivity index (χ1) is 12.0. The molecule has 0 aliphatic carbocycles. The molecule has 1 aliphatic heterocycles. The molecule has 9 heteroatoms. The Bertz CT molecular complexity index is 775. The maximum absolute atomic E-state index is 12.2. The van der Waals surface area contributed by atoms with Gasteiger partial charge in [-0.1, -0.05) is 17.8 Å². The van der Waals surface area contributed by atoms with Gasteiger partial charge in [-0.2, -0.15) is 0 Å². The van der Waals surface area contributed by atoms with E-state index >= 15 is 0 Å². The van der Waals surface area contributed by atoms with Crippen molar-refractivity contribution in [3.63, 3.8) is 0 Å². The Morgan fingerprint density at radius 2 is 2.24 bits per heavy atom. The molecule has 0 unspecified atom stereocenters. The molecule has 1 fully saturated rings. The molecule has 0 atom stereocenters. The van der Waals surface area contributed by atoms with Crippen LogP contribution in [-0.2, 0) is 9.59 Å². The van der Waals surface area contributed by atoms with Gasteiger partial charge in [0.25, 0.3) is 0 Å². The van der Waals surface area contributed by atoms with Gasteiger partial charge in [-0.15, -0.1) is 5.10 Å². The molecular formula is C16H20N6O2S. The fraction of sp³-hybridized carbons (Fsp3) is 0.438. The molecule has 1 aromatic heterocycles. The monoisotopic (exact) mass is 360 g/mol. The molecule has 1 N–H and O–H groups in total. The lowest BCUT2D eigenvalue weighted by Gasteiger charge is -2.16. The number of benzene rings is 1. The minimum Gasteiger partial charge on any atom is -0.325 e. The van der Waals surface area contributed by atoms with Crippen molar-refractivity contribution in [2.75, 3.05) is 22.5 Å². The number of thioether (sulfide) groups is 1. The van der Waals surface area contributed by atoms with Crippen LogP contribution in [0.25, 0.3) is 0 Å². The number of carbonyl (C=O) groups excluding carboxylic acids is 2. The van der Waals surface area contributed by atoms with Crippen LogP contribution in [0.2, 0.25) is 0 Å². The first-order valence-electron chi connectivity index (χ1n) is 8.15. The summed E-state index contributed by atoms with van der Waals surface area (Å²) in [5, 5.41) is 14.9. The van der Waals surface area contributed by atoms with Gasteiger partial charge in [0.15, 0.2) is 0 Å². The van der Waals surface area contributed by atoms with Gasteiger partial charge in [0.05, 0.1) is 11.8 Å². The highest BCUT2D eigenvalue weighted by atomic mass is 32.2. The van der Waals surface area contributed by atoms with Crippen LogP contribution < -0.4 is 10.2 Å². The highest BCUT2D eigenvalue weighted by molar-refractivity contribution is 7.99. The number of nitrogens with one attached hydrogen (secondary N) is 1. The first-order valence-corrected chi connectivity index (χ1v) is 9.14. The zero-order valence-corrected chi connectivity index (χ0v) is 15.0. The largest absolute Gasteiger partial charge is 0.325 e. The topological polar surface area (TPSA) is 93.0 Å². The van der Waals surface area contributed by atoms with Crippen LogP contribution in [0.1, 0.15) is 32.7 Å². The molecule has 0 radical (unpaired) electrons. The van der Waals surface area contributed by atoms with E-state index < -0.39 is 0 Å². The van der Waals surface area contributed by atoms with Crippen LogP contribution in [0, 0.1) is 0 Å². The molecule has 2 aromatic rings. The summed E-state index contributed by atoms with van der Waals surface area (Å²) in [7, 11) is 0. The molecular weight excluding hydrogens is 340 g/mol. The lowest BCUT2D eigenvalue weighted by Crippen LogP contribution is -2.23. The van der Waals surface area contributed by atoms with Crippen LogP contribution in [0.4, 0.5) is 11.4 Å². The van der Waals surface area contributed by atoms with Gasteiger partial charge in [0, 0.05) is 24.3 Å². The number of nitrogens with zero attached hydrogens (tertiary/aromatic N) is 5. The van der Waals surface area contributed by atoms with E-state index in [0.717, 1.165) is 18.7 Å². The summed E-state index contributed by atoms with van der Waals surface area (Å²) in [6, 6.07) is 7.48. The highest BCUT2D eigenvalue weighted by Gasteiger charge is 2.21. The number of hydrogen-bond acceptors (Lipinski definition) is 6. The van der Waals surface area contributed by atoms with Crippen LogP contribution in [0.5, 0.6) is 0 Å². The van der Waals surface area contributed by atoms with E-state index in [0.29, 0.717) is 17.3 Å². The van der Waals surface area contributed by atoms with Crippen LogP contribution in [-0.4, -0.2) is 44.3 Å². The Morgan fingerprint density at radius 1 is 1.40 bits per heavy atom. The Morgan fingerprint density at radius 3 is 2.96 bits per heavy atom. The van der Waals surface area contributed by atoms with E-state index in [9.17, 15) is 9.59 Å². The molecule has 2 heterocycles. The molecule has 0 saturated carbocycles. The summed E-state index contributed by atoms with van der Waals surface area (Å²) in [6.45, 7) is 4.68. The van der Waals surface area contributed by atoms with Crippen molar-refractivity contribution in [1.29, 1.82) is 0 Å². The smallest absolute Gasteiger partial charge is 0.234 e. The average Bonchev–Trinajstić information content (AvgIpc) is 3.22. The molecule has 132 valence electrons. The number of aromatic nitrogens is 4. The van der Waals surface area contributed by atoms with Crippen LogP contribution in [0.3, 0.4) is 0 Å². The van der Waals surface area contributed by atoms with Gasteiger partial charge in [0.2, 0.25) is 17.0 Å². The number of rotatable bonds is 6. The summed E-state index contributed by atoms with van der Waals surface area (Å²) in [6.07, 6.45) is 1.45. The molecule has 1 aliphatic rings. The van der Waals surface area contributed by atoms with Crippen molar-refractivity contribution in [1.82, 2.24) is 20.2 Å². The normalized spacial score (nSPS) is 14.4. The third kappa shape index (κ3) is 4.16. The minimum atomic E-state index is -0.145. The summed E-state index contributed by atoms with van der Waals surface area (Å²) in [5.41, 5.74) is 1.49. The van der Waals surface area contributed by atoms with E-state index in [2.05, 4.69) is 20.8 Å². The molecule has 25 heavy (non-hydrogen) atoms. The van der Waals surface area contributed by atoms with Crippen molar-refractivity contribution in [3.05, 3.63) is 24.3 Å². The predicted octanol–water partition coefficient (Wildman–Crippen LogP) is 2.11. The zero-order valence-electron chi connectivity index (χ0n) is 14.2.